The summed E-state index contributed by atoms with van der Waals surface area (Å²) in [4.78, 5) is 30.7. The molecule has 5 rings (SSSR count). The molecule has 7 heteroatoms. The number of ether oxygens (including phenoxy) is 1. The molecule has 6 atom stereocenters. The van der Waals surface area contributed by atoms with Crippen LogP contribution in [-0.2, 0) is 16.0 Å². The molecule has 158 valence electrons. The first kappa shape index (κ1) is 19.7. The van der Waals surface area contributed by atoms with Crippen LogP contribution < -0.4 is 5.32 Å². The van der Waals surface area contributed by atoms with Gasteiger partial charge in [-0.1, -0.05) is 20.8 Å². The quantitative estimate of drug-likeness (QED) is 0.699. The maximum absolute atomic E-state index is 13.1. The SMILES string of the molecule is C[C@@H]1C(=O)O[C@@H]2[C@H]1CC[C@]1(C)Cc3sc(NC(=O)c4ccc(F)cc4)nc3[C@H](C)[C@H]21. The molecule has 2 heterocycles. The van der Waals surface area contributed by atoms with Gasteiger partial charge in [-0.3, -0.25) is 14.9 Å². The summed E-state index contributed by atoms with van der Waals surface area (Å²) in [6.45, 7) is 6.46. The number of thiazole rings is 1. The highest BCUT2D eigenvalue weighted by Crippen LogP contribution is 2.59. The Morgan fingerprint density at radius 3 is 2.73 bits per heavy atom. The lowest BCUT2D eigenvalue weighted by Crippen LogP contribution is -2.50. The Kier molecular flexibility index (Phi) is 4.51. The van der Waals surface area contributed by atoms with Crippen LogP contribution in [0, 0.1) is 29.0 Å². The second-order valence-corrected chi connectivity index (χ2v) is 10.4. The number of aromatic nitrogens is 1. The summed E-state index contributed by atoms with van der Waals surface area (Å²) >= 11 is 1.52. The van der Waals surface area contributed by atoms with Crippen LogP contribution in [0.1, 0.15) is 60.5 Å². The van der Waals surface area contributed by atoms with E-state index in [2.05, 4.69) is 19.2 Å². The number of halogens is 1. The van der Waals surface area contributed by atoms with Crippen molar-refractivity contribution in [3.63, 3.8) is 0 Å². The summed E-state index contributed by atoms with van der Waals surface area (Å²) in [5, 5.41) is 3.44. The normalized spacial score (nSPS) is 34.5. The second-order valence-electron chi connectivity index (χ2n) is 9.33. The average molecular weight is 429 g/mol. The van der Waals surface area contributed by atoms with E-state index >= 15 is 0 Å². The van der Waals surface area contributed by atoms with E-state index in [1.807, 2.05) is 6.92 Å². The number of carbonyl (C=O) groups is 2. The monoisotopic (exact) mass is 428 g/mol. The van der Waals surface area contributed by atoms with Crippen LogP contribution in [0.5, 0.6) is 0 Å². The summed E-state index contributed by atoms with van der Waals surface area (Å²) in [6.07, 6.45) is 2.92. The topological polar surface area (TPSA) is 68.3 Å². The number of benzene rings is 1. The number of fused-ring (bicyclic) bond motifs is 4. The van der Waals surface area contributed by atoms with Crippen molar-refractivity contribution in [1.82, 2.24) is 4.98 Å². The zero-order valence-corrected chi connectivity index (χ0v) is 18.1. The van der Waals surface area contributed by atoms with Crippen molar-refractivity contribution in [2.45, 2.75) is 52.1 Å². The molecule has 2 aliphatic carbocycles. The number of nitrogens with zero attached hydrogens (tertiary/aromatic N) is 1. The minimum atomic E-state index is -0.374. The number of carbonyl (C=O) groups excluding carboxylic acids is 2. The molecule has 0 radical (unpaired) electrons. The third-order valence-electron chi connectivity index (χ3n) is 7.48. The third-order valence-corrected chi connectivity index (χ3v) is 8.47. The highest BCUT2D eigenvalue weighted by molar-refractivity contribution is 7.15. The lowest BCUT2D eigenvalue weighted by Gasteiger charge is -2.51. The van der Waals surface area contributed by atoms with Crippen LogP contribution in [0.4, 0.5) is 9.52 Å². The molecule has 1 aliphatic heterocycles. The summed E-state index contributed by atoms with van der Waals surface area (Å²) in [6, 6.07) is 5.48. The van der Waals surface area contributed by atoms with Crippen molar-refractivity contribution < 1.29 is 18.7 Å². The fourth-order valence-electron chi connectivity index (χ4n) is 5.90. The summed E-state index contributed by atoms with van der Waals surface area (Å²) in [5.41, 5.74) is 1.46. The van der Waals surface area contributed by atoms with Gasteiger partial charge in [0.2, 0.25) is 0 Å². The van der Waals surface area contributed by atoms with Gasteiger partial charge in [-0.15, -0.1) is 11.3 Å². The molecule has 2 aromatic rings. The molecule has 1 amide bonds. The van der Waals surface area contributed by atoms with Gasteiger partial charge in [0.25, 0.3) is 5.91 Å². The van der Waals surface area contributed by atoms with Crippen LogP contribution in [-0.4, -0.2) is 23.0 Å². The molecule has 3 aliphatic rings. The van der Waals surface area contributed by atoms with Crippen LogP contribution in [0.15, 0.2) is 24.3 Å². The first-order valence-corrected chi connectivity index (χ1v) is 11.4. The van der Waals surface area contributed by atoms with Gasteiger partial charge in [0, 0.05) is 28.2 Å². The molecule has 1 aromatic carbocycles. The second kappa shape index (κ2) is 6.87. The van der Waals surface area contributed by atoms with E-state index in [0.29, 0.717) is 10.7 Å². The van der Waals surface area contributed by atoms with E-state index in [0.717, 1.165) is 25.0 Å². The fourth-order valence-corrected chi connectivity index (χ4v) is 7.16. The van der Waals surface area contributed by atoms with Crippen LogP contribution in [0.2, 0.25) is 0 Å². The smallest absolute Gasteiger partial charge is 0.309 e. The van der Waals surface area contributed by atoms with Crippen molar-refractivity contribution in [1.29, 1.82) is 0 Å². The first-order chi connectivity index (χ1) is 14.3. The molecule has 1 N–H and O–H groups in total. The summed E-state index contributed by atoms with van der Waals surface area (Å²) in [5.74, 6) is -0.0993. The lowest BCUT2D eigenvalue weighted by molar-refractivity contribution is -0.149. The van der Waals surface area contributed by atoms with E-state index < -0.39 is 0 Å². The molecule has 0 unspecified atom stereocenters. The number of hydrogen-bond donors (Lipinski definition) is 1. The molecule has 0 bridgehead atoms. The Morgan fingerprint density at radius 1 is 1.27 bits per heavy atom. The molecule has 1 saturated carbocycles. The number of esters is 1. The fraction of sp³-hybridized carbons (Fsp3) is 0.522. The van der Waals surface area contributed by atoms with Gasteiger partial charge in [0.15, 0.2) is 5.13 Å². The Hall–Kier alpha value is -2.28. The first-order valence-electron chi connectivity index (χ1n) is 10.5. The Balaban J connectivity index is 1.42. The zero-order chi connectivity index (χ0) is 21.2. The number of nitrogens with one attached hydrogen (secondary N) is 1. The standard InChI is InChI=1S/C23H25FN2O3S/c1-11-15-8-9-23(3)10-16-18(12(2)17(23)19(15)29-21(11)28)25-22(30-16)26-20(27)13-4-6-14(24)7-5-13/h4-7,11-12,15,17,19H,8-10H2,1-3H3,(H,25,26,27)/t11-,12+,15-,17+,19+,23+/m0/s1. The number of amides is 1. The molecule has 0 spiro atoms. The van der Waals surface area contributed by atoms with Crippen molar-refractivity contribution in [3.8, 4) is 0 Å². The summed E-state index contributed by atoms with van der Waals surface area (Å²) in [7, 11) is 0. The molecule has 1 aromatic heterocycles. The molecular weight excluding hydrogens is 403 g/mol. The van der Waals surface area contributed by atoms with Crippen LogP contribution in [0.3, 0.4) is 0 Å². The molecular formula is C23H25FN2O3S. The molecule has 30 heavy (non-hydrogen) atoms. The van der Waals surface area contributed by atoms with E-state index in [1.165, 1.54) is 40.5 Å². The predicted octanol–water partition coefficient (Wildman–Crippen LogP) is 4.79. The third kappa shape index (κ3) is 2.97. The average Bonchev–Trinajstić information content (AvgIpc) is 3.22. The van der Waals surface area contributed by atoms with E-state index in [9.17, 15) is 14.0 Å². The largest absolute Gasteiger partial charge is 0.461 e. The molecule has 2 fully saturated rings. The van der Waals surface area contributed by atoms with E-state index in [1.54, 1.807) is 0 Å². The van der Waals surface area contributed by atoms with Crippen molar-refractivity contribution >= 4 is 28.3 Å². The Labute approximate surface area is 179 Å². The summed E-state index contributed by atoms with van der Waals surface area (Å²) < 4.78 is 19.0. The minimum absolute atomic E-state index is 0.0332. The van der Waals surface area contributed by atoms with Gasteiger partial charge in [0.05, 0.1) is 11.6 Å². The number of rotatable bonds is 2. The number of anilines is 1. The molecule has 5 nitrogen and oxygen atoms in total. The van der Waals surface area contributed by atoms with Crippen LogP contribution >= 0.6 is 11.3 Å². The lowest BCUT2D eigenvalue weighted by atomic mass is 9.54. The van der Waals surface area contributed by atoms with Gasteiger partial charge in [-0.25, -0.2) is 9.37 Å². The maximum atomic E-state index is 13.1. The maximum Gasteiger partial charge on any atom is 0.309 e. The van der Waals surface area contributed by atoms with E-state index in [-0.39, 0.29) is 52.9 Å². The Bertz CT molecular complexity index is 1020. The van der Waals surface area contributed by atoms with E-state index in [4.69, 9.17) is 9.72 Å². The van der Waals surface area contributed by atoms with Gasteiger partial charge in [-0.2, -0.15) is 0 Å². The minimum Gasteiger partial charge on any atom is -0.461 e. The van der Waals surface area contributed by atoms with Gasteiger partial charge < -0.3 is 4.74 Å². The number of hydrogen-bond acceptors (Lipinski definition) is 5. The zero-order valence-electron chi connectivity index (χ0n) is 17.3. The highest BCUT2D eigenvalue weighted by Gasteiger charge is 2.58. The van der Waals surface area contributed by atoms with Gasteiger partial charge in [0.1, 0.15) is 11.9 Å². The van der Waals surface area contributed by atoms with Crippen LogP contribution in [0.25, 0.3) is 0 Å². The highest BCUT2D eigenvalue weighted by atomic mass is 32.1. The van der Waals surface area contributed by atoms with Crippen molar-refractivity contribution in [2.75, 3.05) is 5.32 Å². The predicted molar refractivity (Wildman–Crippen MR) is 112 cm³/mol. The van der Waals surface area contributed by atoms with Gasteiger partial charge in [-0.05, 0) is 48.9 Å². The van der Waals surface area contributed by atoms with Gasteiger partial charge >= 0.3 is 5.97 Å². The van der Waals surface area contributed by atoms with Crippen molar-refractivity contribution in [2.24, 2.45) is 23.2 Å². The Morgan fingerprint density at radius 2 is 2.00 bits per heavy atom. The molecule has 1 saturated heterocycles. The van der Waals surface area contributed by atoms with Crippen molar-refractivity contribution in [3.05, 3.63) is 46.2 Å².